The maximum Gasteiger partial charge on any atom is 0.115 e. The molecule has 0 aliphatic heterocycles. The predicted octanol–water partition coefficient (Wildman–Crippen LogP) is 3.26. The van der Waals surface area contributed by atoms with Gasteiger partial charge in [-0.2, -0.15) is 0 Å². The van der Waals surface area contributed by atoms with E-state index in [1.807, 2.05) is 24.3 Å². The monoisotopic (exact) mass is 214 g/mol. The summed E-state index contributed by atoms with van der Waals surface area (Å²) < 4.78 is 0. The van der Waals surface area contributed by atoms with Crippen molar-refractivity contribution < 1.29 is 10.2 Å². The van der Waals surface area contributed by atoms with E-state index < -0.39 is 0 Å². The van der Waals surface area contributed by atoms with Gasteiger partial charge in [0.15, 0.2) is 0 Å². The highest BCUT2D eigenvalue weighted by atomic mass is 16.3. The summed E-state index contributed by atoms with van der Waals surface area (Å²) in [4.78, 5) is 0. The summed E-state index contributed by atoms with van der Waals surface area (Å²) in [7, 11) is 0. The summed E-state index contributed by atoms with van der Waals surface area (Å²) in [5, 5.41) is 18.5. The highest BCUT2D eigenvalue weighted by molar-refractivity contribution is 5.33. The van der Waals surface area contributed by atoms with Crippen LogP contribution in [0.5, 0.6) is 5.75 Å². The van der Waals surface area contributed by atoms with Gasteiger partial charge in [-0.25, -0.2) is 0 Å². The van der Waals surface area contributed by atoms with Gasteiger partial charge >= 0.3 is 0 Å². The average molecular weight is 214 g/mol. The van der Waals surface area contributed by atoms with Crippen LogP contribution in [0.25, 0.3) is 0 Å². The van der Waals surface area contributed by atoms with E-state index in [1.165, 1.54) is 5.57 Å². The Morgan fingerprint density at radius 1 is 1.00 bits per heavy atom. The second-order valence-corrected chi connectivity index (χ2v) is 3.87. The average Bonchev–Trinajstić information content (AvgIpc) is 2.47. The first kappa shape index (κ1) is 10.6. The molecule has 0 heterocycles. The van der Waals surface area contributed by atoms with Crippen LogP contribution in [0.3, 0.4) is 0 Å². The lowest BCUT2D eigenvalue weighted by molar-refractivity contribution is 0.432. The largest absolute Gasteiger partial charge is 0.508 e. The van der Waals surface area contributed by atoms with Gasteiger partial charge in [0.2, 0.25) is 0 Å². The third-order valence-corrected chi connectivity index (χ3v) is 2.53. The molecule has 0 fully saturated rings. The van der Waals surface area contributed by atoms with Gasteiger partial charge in [0.05, 0.1) is 0 Å². The third kappa shape index (κ3) is 2.76. The van der Waals surface area contributed by atoms with E-state index in [2.05, 4.69) is 0 Å². The minimum atomic E-state index is 0.288. The number of phenols is 1. The van der Waals surface area contributed by atoms with E-state index in [4.69, 9.17) is 0 Å². The lowest BCUT2D eigenvalue weighted by atomic mass is 10.0. The summed E-state index contributed by atoms with van der Waals surface area (Å²) >= 11 is 0. The fourth-order valence-electron chi connectivity index (χ4n) is 1.66. The molecule has 0 unspecified atom stereocenters. The maximum atomic E-state index is 9.31. The lowest BCUT2D eigenvalue weighted by Crippen LogP contribution is -1.88. The van der Waals surface area contributed by atoms with Gasteiger partial charge in [-0.15, -0.1) is 0 Å². The minimum Gasteiger partial charge on any atom is -0.508 e. The van der Waals surface area contributed by atoms with Crippen molar-refractivity contribution in [2.45, 2.75) is 12.8 Å². The number of hydrogen-bond donors (Lipinski definition) is 2. The molecule has 1 aliphatic rings. The number of aliphatic hydroxyl groups is 1. The highest BCUT2D eigenvalue weighted by Gasteiger charge is 2.01. The van der Waals surface area contributed by atoms with E-state index in [9.17, 15) is 10.2 Å². The van der Waals surface area contributed by atoms with Gasteiger partial charge in [0.25, 0.3) is 0 Å². The van der Waals surface area contributed by atoms with Crippen molar-refractivity contribution in [1.82, 2.24) is 0 Å². The Bertz CT molecular complexity index is 450. The van der Waals surface area contributed by atoms with Crippen molar-refractivity contribution in [3.8, 4) is 5.75 Å². The standard InChI is InChI=1S/C14H14O2/c15-13-3-1-2-11(4-7-13)10-12-5-8-14(16)9-6-12/h1,3-9,15-16H,2,10H2. The van der Waals surface area contributed by atoms with Crippen LogP contribution in [0.4, 0.5) is 0 Å². The summed E-state index contributed by atoms with van der Waals surface area (Å²) in [6.07, 6.45) is 9.00. The molecule has 2 rings (SSSR count). The van der Waals surface area contributed by atoms with Crippen molar-refractivity contribution in [3.63, 3.8) is 0 Å². The van der Waals surface area contributed by atoms with E-state index in [-0.39, 0.29) is 5.75 Å². The highest BCUT2D eigenvalue weighted by Crippen LogP contribution is 2.17. The molecule has 0 bridgehead atoms. The maximum absolute atomic E-state index is 9.31. The molecule has 0 spiro atoms. The number of aliphatic hydroxyl groups excluding tert-OH is 1. The quantitative estimate of drug-likeness (QED) is 0.793. The Kier molecular flexibility index (Phi) is 3.10. The van der Waals surface area contributed by atoms with Crippen molar-refractivity contribution in [1.29, 1.82) is 0 Å². The molecular weight excluding hydrogens is 200 g/mol. The molecule has 0 aromatic heterocycles. The topological polar surface area (TPSA) is 40.5 Å². The van der Waals surface area contributed by atoms with Crippen LogP contribution in [0.2, 0.25) is 0 Å². The first-order chi connectivity index (χ1) is 7.74. The Labute approximate surface area is 94.9 Å². The van der Waals surface area contributed by atoms with Crippen LogP contribution in [-0.4, -0.2) is 10.2 Å². The van der Waals surface area contributed by atoms with E-state index in [0.717, 1.165) is 18.4 Å². The molecule has 2 heteroatoms. The molecule has 1 aliphatic carbocycles. The zero-order valence-corrected chi connectivity index (χ0v) is 8.93. The Morgan fingerprint density at radius 3 is 2.50 bits per heavy atom. The van der Waals surface area contributed by atoms with Crippen LogP contribution < -0.4 is 0 Å². The number of allylic oxidation sites excluding steroid dienone is 5. The molecule has 2 nitrogen and oxygen atoms in total. The summed E-state index contributed by atoms with van der Waals surface area (Å²) in [6, 6.07) is 7.20. The van der Waals surface area contributed by atoms with Crippen LogP contribution in [0.15, 0.2) is 59.9 Å². The molecule has 0 saturated heterocycles. The number of rotatable bonds is 2. The molecule has 16 heavy (non-hydrogen) atoms. The molecule has 2 N–H and O–H groups in total. The predicted molar refractivity (Wildman–Crippen MR) is 64.4 cm³/mol. The molecule has 82 valence electrons. The van der Waals surface area contributed by atoms with Crippen LogP contribution in [0.1, 0.15) is 12.0 Å². The van der Waals surface area contributed by atoms with Crippen LogP contribution in [-0.2, 0) is 6.42 Å². The third-order valence-electron chi connectivity index (χ3n) is 2.53. The summed E-state index contributed by atoms with van der Waals surface area (Å²) in [6.45, 7) is 0. The molecule has 0 saturated carbocycles. The minimum absolute atomic E-state index is 0.288. The van der Waals surface area contributed by atoms with Crippen molar-refractivity contribution in [2.24, 2.45) is 0 Å². The van der Waals surface area contributed by atoms with Gasteiger partial charge in [-0.05, 0) is 42.7 Å². The van der Waals surface area contributed by atoms with E-state index in [0.29, 0.717) is 5.76 Å². The summed E-state index contributed by atoms with van der Waals surface area (Å²) in [5.74, 6) is 0.580. The second kappa shape index (κ2) is 4.71. The van der Waals surface area contributed by atoms with Crippen molar-refractivity contribution in [3.05, 3.63) is 65.5 Å². The van der Waals surface area contributed by atoms with Crippen LogP contribution in [0, 0.1) is 0 Å². The van der Waals surface area contributed by atoms with E-state index in [1.54, 1.807) is 24.3 Å². The first-order valence-electron chi connectivity index (χ1n) is 5.27. The molecule has 0 amide bonds. The van der Waals surface area contributed by atoms with Gasteiger partial charge in [0, 0.05) is 0 Å². The van der Waals surface area contributed by atoms with Gasteiger partial charge in [0.1, 0.15) is 11.5 Å². The molecule has 0 radical (unpaired) electrons. The molecule has 1 aromatic carbocycles. The SMILES string of the molecule is OC1=CC=C(Cc2ccc(O)cc2)CC=C1. The Hall–Kier alpha value is -1.96. The zero-order chi connectivity index (χ0) is 11.4. The number of hydrogen-bond acceptors (Lipinski definition) is 2. The van der Waals surface area contributed by atoms with Crippen molar-refractivity contribution in [2.75, 3.05) is 0 Å². The molecule has 1 aromatic rings. The molecule has 0 atom stereocenters. The summed E-state index contributed by atoms with van der Waals surface area (Å²) in [5.41, 5.74) is 2.40. The number of phenolic OH excluding ortho intramolecular Hbond substituents is 1. The first-order valence-corrected chi connectivity index (χ1v) is 5.27. The van der Waals surface area contributed by atoms with Gasteiger partial charge < -0.3 is 10.2 Å². The van der Waals surface area contributed by atoms with Crippen molar-refractivity contribution >= 4 is 0 Å². The van der Waals surface area contributed by atoms with E-state index >= 15 is 0 Å². The molecular formula is C14H14O2. The normalized spacial score (nSPS) is 15.2. The number of benzene rings is 1. The second-order valence-electron chi connectivity index (χ2n) is 3.87. The zero-order valence-electron chi connectivity index (χ0n) is 8.93. The Morgan fingerprint density at radius 2 is 1.75 bits per heavy atom. The van der Waals surface area contributed by atoms with Gasteiger partial charge in [-0.3, -0.25) is 0 Å². The smallest absolute Gasteiger partial charge is 0.115 e. The Balaban J connectivity index is 2.10. The lowest BCUT2D eigenvalue weighted by Gasteiger charge is -2.04. The van der Waals surface area contributed by atoms with Gasteiger partial charge in [-0.1, -0.05) is 29.9 Å². The van der Waals surface area contributed by atoms with Crippen LogP contribution >= 0.6 is 0 Å². The fraction of sp³-hybridized carbons (Fsp3) is 0.143. The fourth-order valence-corrected chi connectivity index (χ4v) is 1.66. The number of aromatic hydroxyl groups is 1.